The smallest absolute Gasteiger partial charge is 0.228 e. The summed E-state index contributed by atoms with van der Waals surface area (Å²) in [5.74, 6) is 0.893. The summed E-state index contributed by atoms with van der Waals surface area (Å²) in [6.07, 6.45) is 4.24. The fraction of sp³-hybridized carbons (Fsp3) is 0.667. The highest BCUT2D eigenvalue weighted by Gasteiger charge is 2.23. The number of thiazole rings is 1. The highest BCUT2D eigenvalue weighted by Crippen LogP contribution is 2.27. The summed E-state index contributed by atoms with van der Waals surface area (Å²) in [5, 5.41) is 2.40. The van der Waals surface area contributed by atoms with Crippen LogP contribution in [0.4, 0.5) is 5.13 Å². The van der Waals surface area contributed by atoms with Gasteiger partial charge in [-0.15, -0.1) is 11.3 Å². The van der Waals surface area contributed by atoms with Crippen LogP contribution in [0.25, 0.3) is 0 Å². The normalized spacial score (nSPS) is 15.6. The van der Waals surface area contributed by atoms with Gasteiger partial charge in [0.25, 0.3) is 0 Å². The Bertz CT molecular complexity index is 387. The van der Waals surface area contributed by atoms with Crippen LogP contribution in [0.1, 0.15) is 31.9 Å². The van der Waals surface area contributed by atoms with Crippen LogP contribution < -0.4 is 5.73 Å². The van der Waals surface area contributed by atoms with Crippen LogP contribution in [-0.4, -0.2) is 28.9 Å². The van der Waals surface area contributed by atoms with Crippen molar-refractivity contribution >= 4 is 22.4 Å². The molecule has 0 aromatic carbocycles. The van der Waals surface area contributed by atoms with E-state index >= 15 is 0 Å². The second-order valence-electron chi connectivity index (χ2n) is 4.58. The van der Waals surface area contributed by atoms with Gasteiger partial charge in [0.15, 0.2) is 5.13 Å². The second-order valence-corrected chi connectivity index (χ2v) is 5.47. The molecule has 1 aromatic rings. The fourth-order valence-electron chi connectivity index (χ4n) is 2.06. The molecule has 1 saturated carbocycles. The maximum Gasteiger partial charge on any atom is 0.228 e. The van der Waals surface area contributed by atoms with Gasteiger partial charge < -0.3 is 10.6 Å². The zero-order valence-electron chi connectivity index (χ0n) is 10.2. The van der Waals surface area contributed by atoms with E-state index in [4.69, 9.17) is 5.73 Å². The third-order valence-electron chi connectivity index (χ3n) is 3.34. The third-order valence-corrected chi connectivity index (χ3v) is 4.06. The Morgan fingerprint density at radius 1 is 1.65 bits per heavy atom. The molecule has 1 fully saturated rings. The zero-order valence-corrected chi connectivity index (χ0v) is 11.0. The largest absolute Gasteiger partial charge is 0.375 e. The van der Waals surface area contributed by atoms with Crippen LogP contribution in [0.15, 0.2) is 5.38 Å². The van der Waals surface area contributed by atoms with Crippen LogP contribution in [-0.2, 0) is 11.2 Å². The van der Waals surface area contributed by atoms with E-state index in [1.165, 1.54) is 30.6 Å². The van der Waals surface area contributed by atoms with Crippen molar-refractivity contribution in [2.45, 2.75) is 32.6 Å². The molecule has 4 nitrogen and oxygen atoms in total. The lowest BCUT2D eigenvalue weighted by Crippen LogP contribution is -2.38. The summed E-state index contributed by atoms with van der Waals surface area (Å²) < 4.78 is 0. The number of aromatic nitrogens is 1. The van der Waals surface area contributed by atoms with Crippen LogP contribution in [0.2, 0.25) is 0 Å². The maximum atomic E-state index is 12.1. The number of nitrogens with zero attached hydrogens (tertiary/aromatic N) is 2. The molecule has 2 N–H and O–H groups in total. The van der Waals surface area contributed by atoms with Gasteiger partial charge in [0, 0.05) is 18.5 Å². The molecule has 0 atom stereocenters. The highest BCUT2D eigenvalue weighted by molar-refractivity contribution is 7.13. The number of likely N-dealkylation sites (N-methyl/N-ethyl adjacent to an activating group) is 1. The van der Waals surface area contributed by atoms with E-state index in [9.17, 15) is 4.79 Å². The first-order valence-electron chi connectivity index (χ1n) is 6.16. The lowest BCUT2D eigenvalue weighted by molar-refractivity contribution is -0.131. The molecule has 0 bridgehead atoms. The average molecular weight is 253 g/mol. The number of nitrogen functional groups attached to an aromatic ring is 1. The second kappa shape index (κ2) is 5.49. The molecule has 2 rings (SSSR count). The van der Waals surface area contributed by atoms with E-state index in [0.717, 1.165) is 24.7 Å². The molecule has 17 heavy (non-hydrogen) atoms. The predicted molar refractivity (Wildman–Crippen MR) is 69.8 cm³/mol. The maximum absolute atomic E-state index is 12.1. The Labute approximate surface area is 106 Å². The minimum atomic E-state index is 0.171. The summed E-state index contributed by atoms with van der Waals surface area (Å²) in [6.45, 7) is 3.73. The van der Waals surface area contributed by atoms with E-state index in [-0.39, 0.29) is 5.91 Å². The van der Waals surface area contributed by atoms with Gasteiger partial charge in [-0.2, -0.15) is 0 Å². The first kappa shape index (κ1) is 12.4. The molecule has 1 aliphatic rings. The number of hydrogen-bond donors (Lipinski definition) is 1. The van der Waals surface area contributed by atoms with E-state index < -0.39 is 0 Å². The molecule has 0 spiro atoms. The van der Waals surface area contributed by atoms with Crippen molar-refractivity contribution in [2.75, 3.05) is 18.8 Å². The molecule has 1 aromatic heterocycles. The molecule has 0 unspecified atom stereocenters. The van der Waals surface area contributed by atoms with E-state index in [1.807, 2.05) is 17.2 Å². The molecule has 1 aliphatic carbocycles. The SMILES string of the molecule is CCN(CC1CCC1)C(=O)Cc1csc(N)n1. The number of rotatable bonds is 5. The van der Waals surface area contributed by atoms with Crippen molar-refractivity contribution in [1.29, 1.82) is 0 Å². The number of nitrogens with two attached hydrogens (primary N) is 1. The Hall–Kier alpha value is -1.10. The Balaban J connectivity index is 1.87. The van der Waals surface area contributed by atoms with E-state index in [0.29, 0.717) is 11.6 Å². The number of amides is 1. The number of anilines is 1. The topological polar surface area (TPSA) is 59.2 Å². The fourth-order valence-corrected chi connectivity index (χ4v) is 2.63. The van der Waals surface area contributed by atoms with Crippen molar-refractivity contribution in [3.05, 3.63) is 11.1 Å². The van der Waals surface area contributed by atoms with Crippen LogP contribution in [0.5, 0.6) is 0 Å². The zero-order chi connectivity index (χ0) is 12.3. The van der Waals surface area contributed by atoms with Gasteiger partial charge in [-0.3, -0.25) is 4.79 Å². The molecular weight excluding hydrogens is 234 g/mol. The van der Waals surface area contributed by atoms with Gasteiger partial charge in [0.2, 0.25) is 5.91 Å². The van der Waals surface area contributed by atoms with Crippen molar-refractivity contribution in [1.82, 2.24) is 9.88 Å². The predicted octanol–water partition coefficient (Wildman–Crippen LogP) is 1.92. The molecular formula is C12H19N3OS. The molecule has 1 heterocycles. The number of hydrogen-bond acceptors (Lipinski definition) is 4. The molecule has 0 saturated heterocycles. The first-order valence-corrected chi connectivity index (χ1v) is 7.04. The van der Waals surface area contributed by atoms with Gasteiger partial charge in [-0.05, 0) is 25.7 Å². The summed E-state index contributed by atoms with van der Waals surface area (Å²) >= 11 is 1.39. The van der Waals surface area contributed by atoms with Crippen LogP contribution >= 0.6 is 11.3 Å². The minimum absolute atomic E-state index is 0.171. The quantitative estimate of drug-likeness (QED) is 0.872. The molecule has 0 aliphatic heterocycles. The van der Waals surface area contributed by atoms with Crippen molar-refractivity contribution < 1.29 is 4.79 Å². The highest BCUT2D eigenvalue weighted by atomic mass is 32.1. The van der Waals surface area contributed by atoms with Gasteiger partial charge in [-0.25, -0.2) is 4.98 Å². The Morgan fingerprint density at radius 3 is 2.88 bits per heavy atom. The van der Waals surface area contributed by atoms with E-state index in [2.05, 4.69) is 4.98 Å². The summed E-state index contributed by atoms with van der Waals surface area (Å²) in [4.78, 5) is 18.2. The van der Waals surface area contributed by atoms with Gasteiger partial charge >= 0.3 is 0 Å². The van der Waals surface area contributed by atoms with Crippen molar-refractivity contribution in [2.24, 2.45) is 5.92 Å². The lowest BCUT2D eigenvalue weighted by atomic mass is 9.85. The van der Waals surface area contributed by atoms with E-state index in [1.54, 1.807) is 0 Å². The minimum Gasteiger partial charge on any atom is -0.375 e. The Morgan fingerprint density at radius 2 is 2.41 bits per heavy atom. The number of carbonyl (C=O) groups excluding carboxylic acids is 1. The molecule has 5 heteroatoms. The molecule has 94 valence electrons. The van der Waals surface area contributed by atoms with Gasteiger partial charge in [-0.1, -0.05) is 6.42 Å². The summed E-state index contributed by atoms with van der Waals surface area (Å²) in [5.41, 5.74) is 6.35. The summed E-state index contributed by atoms with van der Waals surface area (Å²) in [7, 11) is 0. The average Bonchev–Trinajstić information content (AvgIpc) is 2.62. The summed E-state index contributed by atoms with van der Waals surface area (Å²) in [6, 6.07) is 0. The number of carbonyl (C=O) groups is 1. The standard InChI is InChI=1S/C12H19N3OS/c1-2-15(7-9-4-3-5-9)11(16)6-10-8-17-12(13)14-10/h8-9H,2-7H2,1H3,(H2,13,14). The first-order chi connectivity index (χ1) is 8.19. The third kappa shape index (κ3) is 3.19. The van der Waals surface area contributed by atoms with Crippen LogP contribution in [0.3, 0.4) is 0 Å². The monoisotopic (exact) mass is 253 g/mol. The lowest BCUT2D eigenvalue weighted by Gasteiger charge is -2.31. The van der Waals surface area contributed by atoms with Crippen molar-refractivity contribution in [3.63, 3.8) is 0 Å². The van der Waals surface area contributed by atoms with Crippen molar-refractivity contribution in [3.8, 4) is 0 Å². The van der Waals surface area contributed by atoms with Gasteiger partial charge in [0.1, 0.15) is 0 Å². The van der Waals surface area contributed by atoms with Gasteiger partial charge in [0.05, 0.1) is 12.1 Å². The molecule has 1 amide bonds. The molecule has 0 radical (unpaired) electrons. The Kier molecular flexibility index (Phi) is 3.99. The van der Waals surface area contributed by atoms with Crippen LogP contribution in [0, 0.1) is 5.92 Å².